The number of hydrogen-bond donors (Lipinski definition) is 5. The first-order valence-electron chi connectivity index (χ1n) is 8.08. The van der Waals surface area contributed by atoms with E-state index in [-0.39, 0.29) is 12.2 Å². The normalized spacial score (nSPS) is 16.2. The van der Waals surface area contributed by atoms with E-state index in [1.165, 1.54) is 0 Å². The van der Waals surface area contributed by atoms with E-state index in [0.29, 0.717) is 12.3 Å². The Bertz CT molecular complexity index is 1150. The highest BCUT2D eigenvalue weighted by atomic mass is 16.5. The molecule has 0 radical (unpaired) electrons. The van der Waals surface area contributed by atoms with E-state index >= 15 is 0 Å². The number of aromatic nitrogens is 3. The summed E-state index contributed by atoms with van der Waals surface area (Å²) in [5.41, 5.74) is 1.37. The lowest BCUT2D eigenvalue weighted by atomic mass is 9.95. The first-order chi connectivity index (χ1) is 12.6. The molecular formula is C18H16N4O4. The fourth-order valence-corrected chi connectivity index (χ4v) is 3.42. The van der Waals surface area contributed by atoms with Gasteiger partial charge >= 0.3 is 5.69 Å². The van der Waals surface area contributed by atoms with Crippen molar-refractivity contribution in [2.24, 2.45) is 0 Å². The third-order valence-corrected chi connectivity index (χ3v) is 4.49. The molecule has 4 rings (SSSR count). The van der Waals surface area contributed by atoms with Gasteiger partial charge in [-0.05, 0) is 30.2 Å². The van der Waals surface area contributed by atoms with Crippen LogP contribution in [0.3, 0.4) is 0 Å². The largest absolute Gasteiger partial charge is 0.494 e. The van der Waals surface area contributed by atoms with Crippen molar-refractivity contribution in [3.8, 4) is 24.0 Å². The summed E-state index contributed by atoms with van der Waals surface area (Å²) in [6, 6.07) is 5.03. The average Bonchev–Trinajstić information content (AvgIpc) is 2.98. The smallest absolute Gasteiger partial charge is 0.328 e. The van der Waals surface area contributed by atoms with Crippen molar-refractivity contribution in [1.29, 1.82) is 0 Å². The summed E-state index contributed by atoms with van der Waals surface area (Å²) in [5.74, 6) is 2.65. The summed E-state index contributed by atoms with van der Waals surface area (Å²) >= 11 is 0. The Morgan fingerprint density at radius 1 is 1.27 bits per heavy atom. The van der Waals surface area contributed by atoms with E-state index in [1.807, 2.05) is 18.2 Å². The first-order valence-corrected chi connectivity index (χ1v) is 8.08. The fourth-order valence-electron chi connectivity index (χ4n) is 3.42. The van der Waals surface area contributed by atoms with Crippen LogP contribution in [0.4, 0.5) is 0 Å². The number of terminal acetylenes is 1. The molecule has 0 aliphatic carbocycles. The molecule has 1 atom stereocenters. The van der Waals surface area contributed by atoms with Crippen molar-refractivity contribution >= 4 is 10.9 Å². The van der Waals surface area contributed by atoms with Crippen LogP contribution >= 0.6 is 0 Å². The van der Waals surface area contributed by atoms with Gasteiger partial charge in [0.25, 0.3) is 5.56 Å². The van der Waals surface area contributed by atoms with Gasteiger partial charge < -0.3 is 20.1 Å². The van der Waals surface area contributed by atoms with Gasteiger partial charge in [0, 0.05) is 23.1 Å². The lowest BCUT2D eigenvalue weighted by molar-refractivity contribution is 0.371. The van der Waals surface area contributed by atoms with Gasteiger partial charge in [0.1, 0.15) is 17.9 Å². The molecule has 132 valence electrons. The van der Waals surface area contributed by atoms with Crippen LogP contribution < -0.4 is 21.3 Å². The minimum Gasteiger partial charge on any atom is -0.494 e. The van der Waals surface area contributed by atoms with Crippen molar-refractivity contribution in [2.75, 3.05) is 13.2 Å². The van der Waals surface area contributed by atoms with Crippen molar-refractivity contribution in [2.45, 2.75) is 12.5 Å². The van der Waals surface area contributed by atoms with Gasteiger partial charge in [0.05, 0.1) is 6.04 Å². The molecule has 0 saturated carbocycles. The zero-order valence-corrected chi connectivity index (χ0v) is 13.7. The summed E-state index contributed by atoms with van der Waals surface area (Å²) < 4.78 is 5.49. The predicted octanol–water partition coefficient (Wildman–Crippen LogP) is 0.497. The first kappa shape index (κ1) is 16.1. The van der Waals surface area contributed by atoms with E-state index < -0.39 is 23.2 Å². The standard InChI is InChI=1S/C18H16N4O4/c1-2-7-26-9-3-4-12-11(8-9)10-5-6-19-15(14(10)20-12)13-16(23)21-18(25)22-17(13)24/h1,3-4,8,15,19-20H,5-7H2,(H3,21,22,23,24,25)/t15-/m1/s1. The second-order valence-electron chi connectivity index (χ2n) is 6.03. The van der Waals surface area contributed by atoms with Gasteiger partial charge in [-0.2, -0.15) is 0 Å². The zero-order chi connectivity index (χ0) is 18.3. The third-order valence-electron chi connectivity index (χ3n) is 4.49. The molecule has 3 heterocycles. The molecule has 0 unspecified atom stereocenters. The number of aromatic hydroxyl groups is 1. The number of fused-ring (bicyclic) bond motifs is 3. The highest BCUT2D eigenvalue weighted by Gasteiger charge is 2.29. The molecule has 0 amide bonds. The van der Waals surface area contributed by atoms with Crippen LogP contribution in [0, 0.1) is 12.3 Å². The van der Waals surface area contributed by atoms with Gasteiger partial charge in [-0.1, -0.05) is 5.92 Å². The van der Waals surface area contributed by atoms with Crippen LogP contribution in [0.25, 0.3) is 10.9 Å². The van der Waals surface area contributed by atoms with E-state index in [4.69, 9.17) is 11.2 Å². The molecule has 5 N–H and O–H groups in total. The maximum atomic E-state index is 12.2. The Morgan fingerprint density at radius 2 is 2.12 bits per heavy atom. The lowest BCUT2D eigenvalue weighted by Gasteiger charge is -2.24. The van der Waals surface area contributed by atoms with Crippen molar-refractivity contribution in [3.63, 3.8) is 0 Å². The Hall–Kier alpha value is -3.44. The highest BCUT2D eigenvalue weighted by Crippen LogP contribution is 2.35. The summed E-state index contributed by atoms with van der Waals surface area (Å²) in [5, 5.41) is 14.3. The van der Waals surface area contributed by atoms with Crippen LogP contribution in [0.5, 0.6) is 11.6 Å². The van der Waals surface area contributed by atoms with Crippen molar-refractivity contribution in [1.82, 2.24) is 20.3 Å². The maximum Gasteiger partial charge on any atom is 0.328 e. The number of rotatable bonds is 3. The summed E-state index contributed by atoms with van der Waals surface area (Å²) in [6.45, 7) is 0.793. The molecule has 3 aromatic rings. The number of nitrogens with one attached hydrogen (secondary N) is 4. The van der Waals surface area contributed by atoms with Crippen molar-refractivity contribution < 1.29 is 9.84 Å². The molecule has 26 heavy (non-hydrogen) atoms. The van der Waals surface area contributed by atoms with Gasteiger partial charge in [0.15, 0.2) is 0 Å². The van der Waals surface area contributed by atoms with E-state index in [0.717, 1.165) is 28.6 Å². The Balaban J connectivity index is 1.86. The summed E-state index contributed by atoms with van der Waals surface area (Å²) in [6.07, 6.45) is 5.97. The molecule has 1 aromatic carbocycles. The van der Waals surface area contributed by atoms with Crippen LogP contribution in [-0.4, -0.2) is 33.2 Å². The predicted molar refractivity (Wildman–Crippen MR) is 95.5 cm³/mol. The quantitative estimate of drug-likeness (QED) is 0.439. The van der Waals surface area contributed by atoms with Gasteiger partial charge in [-0.25, -0.2) is 4.79 Å². The molecule has 0 bridgehead atoms. The van der Waals surface area contributed by atoms with Gasteiger partial charge in [-0.15, -0.1) is 6.42 Å². The highest BCUT2D eigenvalue weighted by molar-refractivity contribution is 5.86. The minimum atomic E-state index is -0.751. The molecule has 0 fully saturated rings. The molecule has 8 nitrogen and oxygen atoms in total. The average molecular weight is 352 g/mol. The molecule has 1 aliphatic heterocycles. The Morgan fingerprint density at radius 3 is 2.88 bits per heavy atom. The minimum absolute atomic E-state index is 0.0703. The van der Waals surface area contributed by atoms with Crippen LogP contribution in [0.2, 0.25) is 0 Å². The number of H-pyrrole nitrogens is 3. The van der Waals surface area contributed by atoms with E-state index in [9.17, 15) is 14.7 Å². The lowest BCUT2D eigenvalue weighted by Crippen LogP contribution is -2.36. The van der Waals surface area contributed by atoms with Crippen LogP contribution in [-0.2, 0) is 6.42 Å². The number of benzene rings is 1. The zero-order valence-electron chi connectivity index (χ0n) is 13.7. The van der Waals surface area contributed by atoms with E-state index in [1.54, 1.807) is 0 Å². The number of ether oxygens (including phenoxy) is 1. The second kappa shape index (κ2) is 6.13. The third kappa shape index (κ3) is 2.55. The molecule has 0 saturated heterocycles. The van der Waals surface area contributed by atoms with Crippen LogP contribution in [0.1, 0.15) is 22.9 Å². The van der Waals surface area contributed by atoms with Crippen molar-refractivity contribution in [3.05, 3.63) is 55.9 Å². The topological polar surface area (TPSA) is 123 Å². The molecule has 1 aliphatic rings. The molecule has 0 spiro atoms. The second-order valence-corrected chi connectivity index (χ2v) is 6.03. The van der Waals surface area contributed by atoms with Gasteiger partial charge in [0.2, 0.25) is 5.88 Å². The number of aromatic amines is 3. The number of hydrogen-bond acceptors (Lipinski definition) is 5. The molecule has 8 heteroatoms. The van der Waals surface area contributed by atoms with Gasteiger partial charge in [-0.3, -0.25) is 14.8 Å². The Labute approximate surface area is 147 Å². The SMILES string of the molecule is C#CCOc1ccc2[nH]c3c(c2c1)CCN[C@@H]3c1c(O)[nH]c(=O)[nH]c1=O. The molecular weight excluding hydrogens is 336 g/mol. The van der Waals surface area contributed by atoms with Crippen LogP contribution in [0.15, 0.2) is 27.8 Å². The Kier molecular flexibility index (Phi) is 3.78. The van der Waals surface area contributed by atoms with E-state index in [2.05, 4.69) is 26.2 Å². The fraction of sp³-hybridized carbons (Fsp3) is 0.222. The summed E-state index contributed by atoms with van der Waals surface area (Å²) in [4.78, 5) is 31.2. The molecule has 2 aromatic heterocycles. The monoisotopic (exact) mass is 352 g/mol. The summed E-state index contributed by atoms with van der Waals surface area (Å²) in [7, 11) is 0. The maximum absolute atomic E-state index is 12.2.